The molecule has 0 N–H and O–H groups in total. The van der Waals surface area contributed by atoms with Gasteiger partial charge in [-0.15, -0.1) is 0 Å². The number of aryl methyl sites for hydroxylation is 1. The van der Waals surface area contributed by atoms with Gasteiger partial charge in [0, 0.05) is 17.7 Å². The third-order valence-corrected chi connectivity index (χ3v) is 8.03. The fraction of sp³-hybridized carbons (Fsp3) is 0.476. The van der Waals surface area contributed by atoms with Crippen molar-refractivity contribution in [3.63, 3.8) is 0 Å². The van der Waals surface area contributed by atoms with Crippen molar-refractivity contribution in [2.45, 2.75) is 60.5 Å². The minimum Gasteiger partial charge on any atom is -0.492 e. The molecule has 2 atom stereocenters. The molecular weight excluding hydrogens is 360 g/mol. The van der Waals surface area contributed by atoms with Crippen LogP contribution in [0.5, 0.6) is 5.75 Å². The van der Waals surface area contributed by atoms with Crippen LogP contribution in [0.4, 0.5) is 0 Å². The van der Waals surface area contributed by atoms with Gasteiger partial charge in [0.25, 0.3) is 0 Å². The average Bonchev–Trinajstić information content (AvgIpc) is 3.04. The maximum Gasteiger partial charge on any atom is 0.223 e. The quantitative estimate of drug-likeness (QED) is 0.812. The molecule has 1 aromatic heterocycles. The van der Waals surface area contributed by atoms with Gasteiger partial charge in [0.05, 0.1) is 10.9 Å². The van der Waals surface area contributed by atoms with Gasteiger partial charge in [0.2, 0.25) is 9.84 Å². The molecule has 0 bridgehead atoms. The lowest BCUT2D eigenvalue weighted by molar-refractivity contribution is 0.0717. The van der Waals surface area contributed by atoms with E-state index >= 15 is 0 Å². The highest BCUT2D eigenvalue weighted by Gasteiger charge is 2.44. The normalized spacial score (nSPS) is 25.4. The zero-order chi connectivity index (χ0) is 18.6. The second-order valence-corrected chi connectivity index (χ2v) is 9.81. The zero-order valence-electron chi connectivity index (χ0n) is 15.5. The first-order chi connectivity index (χ1) is 13.0. The number of nitrogens with zero attached hydrogens (tertiary/aromatic N) is 2. The molecule has 5 rings (SSSR count). The van der Waals surface area contributed by atoms with E-state index in [0.29, 0.717) is 24.3 Å². The lowest BCUT2D eigenvalue weighted by Gasteiger charge is -2.41. The Kier molecular flexibility index (Phi) is 4.02. The molecule has 0 radical (unpaired) electrons. The summed E-state index contributed by atoms with van der Waals surface area (Å²) in [5.74, 6) is 1.17. The fourth-order valence-corrected chi connectivity index (χ4v) is 5.97. The summed E-state index contributed by atoms with van der Waals surface area (Å²) in [6, 6.07) is 11.6. The number of hydrogen-bond acceptors (Lipinski definition) is 5. The molecule has 2 aliphatic heterocycles. The molecule has 0 spiro atoms. The molecular formula is C21H24N2O3S. The van der Waals surface area contributed by atoms with Crippen molar-refractivity contribution in [2.75, 3.05) is 13.2 Å². The van der Waals surface area contributed by atoms with Gasteiger partial charge in [-0.05, 0) is 62.6 Å². The van der Waals surface area contributed by atoms with E-state index in [1.54, 1.807) is 37.3 Å². The van der Waals surface area contributed by atoms with Crippen molar-refractivity contribution in [1.29, 1.82) is 0 Å². The number of likely N-dealkylation sites (tertiary alicyclic amines) is 1. The number of fused-ring (bicyclic) bond motifs is 3. The summed E-state index contributed by atoms with van der Waals surface area (Å²) in [6.07, 6.45) is 5.07. The number of rotatable bonds is 3. The van der Waals surface area contributed by atoms with Gasteiger partial charge in [-0.1, -0.05) is 18.6 Å². The standard InChI is InChI=1S/C21H24N2O3S/c1-14-4-2-7-21(22-14)27(24,25)16-8-9-18-17-10-11-23(15-5-3-6-15)19(17)13-26-20(18)12-16/h2,4,7-9,12,15,17,19H,3,5-6,10-11,13H2,1H3. The van der Waals surface area contributed by atoms with Crippen molar-refractivity contribution in [3.8, 4) is 5.75 Å². The maximum atomic E-state index is 13.0. The fourth-order valence-electron chi connectivity index (χ4n) is 4.70. The summed E-state index contributed by atoms with van der Waals surface area (Å²) in [5, 5.41) is 0.0909. The molecule has 27 heavy (non-hydrogen) atoms. The van der Waals surface area contributed by atoms with E-state index < -0.39 is 9.84 Å². The second-order valence-electron chi connectivity index (χ2n) is 7.92. The lowest BCUT2D eigenvalue weighted by Crippen LogP contribution is -2.47. The molecule has 1 saturated carbocycles. The van der Waals surface area contributed by atoms with Crippen LogP contribution in [0.15, 0.2) is 46.3 Å². The number of sulfone groups is 1. The van der Waals surface area contributed by atoms with E-state index in [9.17, 15) is 8.42 Å². The third kappa shape index (κ3) is 2.77. The summed E-state index contributed by atoms with van der Waals surface area (Å²) >= 11 is 0. The predicted octanol–water partition coefficient (Wildman–Crippen LogP) is 3.33. The Hall–Kier alpha value is -1.92. The smallest absolute Gasteiger partial charge is 0.223 e. The molecule has 1 saturated heterocycles. The van der Waals surface area contributed by atoms with E-state index in [1.165, 1.54) is 19.3 Å². The topological polar surface area (TPSA) is 59.5 Å². The predicted molar refractivity (Wildman–Crippen MR) is 102 cm³/mol. The van der Waals surface area contributed by atoms with Gasteiger partial charge in [-0.3, -0.25) is 4.90 Å². The van der Waals surface area contributed by atoms with Crippen LogP contribution in [0.3, 0.4) is 0 Å². The second kappa shape index (κ2) is 6.31. The van der Waals surface area contributed by atoms with Crippen LogP contribution < -0.4 is 4.74 Å². The molecule has 5 nitrogen and oxygen atoms in total. The number of benzene rings is 1. The number of pyridine rings is 1. The van der Waals surface area contributed by atoms with E-state index in [1.807, 2.05) is 6.07 Å². The van der Waals surface area contributed by atoms with Gasteiger partial charge in [0.1, 0.15) is 12.4 Å². The highest BCUT2D eigenvalue weighted by atomic mass is 32.2. The van der Waals surface area contributed by atoms with Crippen molar-refractivity contribution in [3.05, 3.63) is 47.7 Å². The Balaban J connectivity index is 1.46. The molecule has 2 aromatic rings. The SMILES string of the molecule is Cc1cccc(S(=O)(=O)c2ccc3c(c2)OCC2C3CCN2C2CCC2)n1. The first kappa shape index (κ1) is 17.2. The van der Waals surface area contributed by atoms with E-state index in [2.05, 4.69) is 9.88 Å². The molecule has 2 fully saturated rings. The highest BCUT2D eigenvalue weighted by molar-refractivity contribution is 7.91. The number of hydrogen-bond donors (Lipinski definition) is 0. The minimum atomic E-state index is -3.64. The van der Waals surface area contributed by atoms with Crippen molar-refractivity contribution in [1.82, 2.24) is 9.88 Å². The van der Waals surface area contributed by atoms with Crippen LogP contribution in [0.25, 0.3) is 0 Å². The molecule has 3 aliphatic rings. The van der Waals surface area contributed by atoms with Gasteiger partial charge < -0.3 is 4.74 Å². The Bertz CT molecular complexity index is 985. The Morgan fingerprint density at radius 3 is 2.74 bits per heavy atom. The molecule has 142 valence electrons. The molecule has 2 unspecified atom stereocenters. The van der Waals surface area contributed by atoms with E-state index in [0.717, 1.165) is 30.3 Å². The zero-order valence-corrected chi connectivity index (χ0v) is 16.3. The Labute approximate surface area is 160 Å². The van der Waals surface area contributed by atoms with E-state index in [4.69, 9.17) is 4.74 Å². The maximum absolute atomic E-state index is 13.0. The Morgan fingerprint density at radius 2 is 2.00 bits per heavy atom. The third-order valence-electron chi connectivity index (χ3n) is 6.37. The van der Waals surface area contributed by atoms with Gasteiger partial charge >= 0.3 is 0 Å². The molecule has 1 aromatic carbocycles. The van der Waals surface area contributed by atoms with E-state index in [-0.39, 0.29) is 9.92 Å². The Morgan fingerprint density at radius 1 is 1.15 bits per heavy atom. The summed E-state index contributed by atoms with van der Waals surface area (Å²) in [6.45, 7) is 3.57. The minimum absolute atomic E-state index is 0.0909. The summed E-state index contributed by atoms with van der Waals surface area (Å²) in [5.41, 5.74) is 1.85. The van der Waals surface area contributed by atoms with Crippen LogP contribution in [0, 0.1) is 6.92 Å². The molecule has 6 heteroatoms. The van der Waals surface area contributed by atoms with Crippen molar-refractivity contribution >= 4 is 9.84 Å². The average molecular weight is 385 g/mol. The molecule has 1 aliphatic carbocycles. The first-order valence-corrected chi connectivity index (χ1v) is 11.2. The van der Waals surface area contributed by atoms with Crippen LogP contribution in [-0.4, -0.2) is 43.5 Å². The summed E-state index contributed by atoms with van der Waals surface area (Å²) in [4.78, 5) is 7.08. The highest BCUT2D eigenvalue weighted by Crippen LogP contribution is 2.45. The molecule has 0 amide bonds. The lowest BCUT2D eigenvalue weighted by atomic mass is 9.87. The van der Waals surface area contributed by atoms with Crippen LogP contribution >= 0.6 is 0 Å². The monoisotopic (exact) mass is 384 g/mol. The number of ether oxygens (including phenoxy) is 1. The van der Waals surface area contributed by atoms with Crippen LogP contribution in [-0.2, 0) is 9.84 Å². The van der Waals surface area contributed by atoms with Gasteiger partial charge in [0.15, 0.2) is 5.03 Å². The van der Waals surface area contributed by atoms with Crippen LogP contribution in [0.2, 0.25) is 0 Å². The summed E-state index contributed by atoms with van der Waals surface area (Å²) in [7, 11) is -3.64. The van der Waals surface area contributed by atoms with Crippen molar-refractivity contribution < 1.29 is 13.2 Å². The van der Waals surface area contributed by atoms with Gasteiger partial charge in [-0.2, -0.15) is 0 Å². The van der Waals surface area contributed by atoms with Gasteiger partial charge in [-0.25, -0.2) is 13.4 Å². The molecule has 3 heterocycles. The first-order valence-electron chi connectivity index (χ1n) is 9.75. The van der Waals surface area contributed by atoms with Crippen LogP contribution in [0.1, 0.15) is 42.9 Å². The largest absolute Gasteiger partial charge is 0.492 e. The number of aromatic nitrogens is 1. The summed E-state index contributed by atoms with van der Waals surface area (Å²) < 4.78 is 32.0. The van der Waals surface area contributed by atoms with Crippen molar-refractivity contribution in [2.24, 2.45) is 0 Å².